The monoisotopic (exact) mass is 339 g/mol. The summed E-state index contributed by atoms with van der Waals surface area (Å²) in [6.07, 6.45) is 1.73. The Kier molecular flexibility index (Phi) is 5.20. The predicted octanol–water partition coefficient (Wildman–Crippen LogP) is 3.67. The zero-order valence-corrected chi connectivity index (χ0v) is 13.7. The minimum Gasteiger partial charge on any atom is -0.394 e. The third kappa shape index (κ3) is 3.98. The molecule has 6 heteroatoms. The van der Waals surface area contributed by atoms with Crippen molar-refractivity contribution in [2.24, 2.45) is 0 Å². The molecule has 0 radical (unpaired) electrons. The normalized spacial score (nSPS) is 11.7. The highest BCUT2D eigenvalue weighted by Gasteiger charge is 2.14. The van der Waals surface area contributed by atoms with Crippen LogP contribution in [0.15, 0.2) is 66.9 Å². The molecule has 0 aliphatic rings. The highest BCUT2D eigenvalue weighted by Crippen LogP contribution is 2.28. The van der Waals surface area contributed by atoms with Gasteiger partial charge >= 0.3 is 6.03 Å². The molecule has 3 rings (SSSR count). The summed E-state index contributed by atoms with van der Waals surface area (Å²) in [5.41, 5.74) is 1.90. The van der Waals surface area contributed by atoms with Gasteiger partial charge in [0, 0.05) is 6.20 Å². The lowest BCUT2D eigenvalue weighted by Gasteiger charge is -2.16. The zero-order valence-electron chi connectivity index (χ0n) is 12.8. The summed E-state index contributed by atoms with van der Waals surface area (Å²) in [5.74, 6) is 0. The number of urea groups is 1. The smallest absolute Gasteiger partial charge is 0.321 e. The molecular weight excluding hydrogens is 322 g/mol. The quantitative estimate of drug-likeness (QED) is 0.664. The molecule has 1 atom stereocenters. The molecule has 0 spiro atoms. The van der Waals surface area contributed by atoms with Gasteiger partial charge in [0.05, 0.1) is 17.5 Å². The molecule has 0 bridgehead atoms. The first-order chi connectivity index (χ1) is 11.8. The van der Waals surface area contributed by atoms with Crippen LogP contribution in [0.3, 0.4) is 0 Å². The molecule has 0 aliphatic carbocycles. The van der Waals surface area contributed by atoms with Gasteiger partial charge in [-0.1, -0.05) is 72.0 Å². The van der Waals surface area contributed by atoms with Crippen LogP contribution >= 0.6 is 11.3 Å². The molecule has 1 aromatic heterocycles. The molecule has 0 saturated heterocycles. The van der Waals surface area contributed by atoms with Crippen molar-refractivity contribution in [2.45, 2.75) is 6.04 Å². The molecule has 1 unspecified atom stereocenters. The number of nitrogens with one attached hydrogen (secondary N) is 2. The van der Waals surface area contributed by atoms with Crippen molar-refractivity contribution < 1.29 is 9.90 Å². The first-order valence-corrected chi connectivity index (χ1v) is 8.32. The van der Waals surface area contributed by atoms with Crippen LogP contribution in [0.1, 0.15) is 11.6 Å². The number of carbonyl (C=O) groups excluding carboxylic acids is 1. The molecular formula is C18H17N3O2S. The molecule has 3 aromatic rings. The molecule has 0 aliphatic heterocycles. The third-order valence-electron chi connectivity index (χ3n) is 3.47. The first-order valence-electron chi connectivity index (χ1n) is 7.51. The number of aliphatic hydroxyl groups excluding tert-OH is 1. The van der Waals surface area contributed by atoms with Crippen LogP contribution < -0.4 is 10.6 Å². The summed E-state index contributed by atoms with van der Waals surface area (Å²) < 4.78 is 0. The van der Waals surface area contributed by atoms with Crippen LogP contribution in [0.4, 0.5) is 9.93 Å². The van der Waals surface area contributed by atoms with Crippen LogP contribution in [0.25, 0.3) is 10.4 Å². The van der Waals surface area contributed by atoms with Gasteiger partial charge < -0.3 is 10.4 Å². The number of carbonyl (C=O) groups is 1. The second kappa shape index (κ2) is 7.72. The van der Waals surface area contributed by atoms with E-state index >= 15 is 0 Å². The van der Waals surface area contributed by atoms with Crippen molar-refractivity contribution in [3.05, 3.63) is 72.4 Å². The molecule has 0 saturated carbocycles. The number of hydrogen-bond donors (Lipinski definition) is 3. The second-order valence-corrected chi connectivity index (χ2v) is 6.17. The minimum absolute atomic E-state index is 0.176. The Balaban J connectivity index is 1.64. The molecule has 1 heterocycles. The number of thiazole rings is 1. The molecule has 5 nitrogen and oxygen atoms in total. The van der Waals surface area contributed by atoms with E-state index in [-0.39, 0.29) is 6.61 Å². The molecule has 0 fully saturated rings. The molecule has 122 valence electrons. The predicted molar refractivity (Wildman–Crippen MR) is 96.0 cm³/mol. The Morgan fingerprint density at radius 3 is 2.42 bits per heavy atom. The highest BCUT2D eigenvalue weighted by atomic mass is 32.1. The minimum atomic E-state index is -0.459. The van der Waals surface area contributed by atoms with Crippen LogP contribution in [0.5, 0.6) is 0 Å². The highest BCUT2D eigenvalue weighted by molar-refractivity contribution is 7.19. The van der Waals surface area contributed by atoms with Gasteiger partial charge in [-0.15, -0.1) is 0 Å². The SMILES string of the molecule is O=C(Nc1ncc(-c2ccccc2)s1)NC(CO)c1ccccc1. The van der Waals surface area contributed by atoms with E-state index in [1.54, 1.807) is 6.20 Å². The molecule has 2 aromatic carbocycles. The maximum Gasteiger partial charge on any atom is 0.321 e. The van der Waals surface area contributed by atoms with E-state index in [1.165, 1.54) is 11.3 Å². The number of aromatic nitrogens is 1. The van der Waals surface area contributed by atoms with Gasteiger partial charge in [-0.05, 0) is 11.1 Å². The topological polar surface area (TPSA) is 74.2 Å². The van der Waals surface area contributed by atoms with Crippen LogP contribution in [-0.4, -0.2) is 22.7 Å². The second-order valence-electron chi connectivity index (χ2n) is 5.14. The Morgan fingerprint density at radius 2 is 1.75 bits per heavy atom. The van der Waals surface area contributed by atoms with Crippen molar-refractivity contribution in [1.82, 2.24) is 10.3 Å². The number of benzene rings is 2. The summed E-state index contributed by atoms with van der Waals surface area (Å²) in [7, 11) is 0. The van der Waals surface area contributed by atoms with Crippen molar-refractivity contribution in [3.63, 3.8) is 0 Å². The van der Waals surface area contributed by atoms with Gasteiger partial charge in [-0.2, -0.15) is 0 Å². The van der Waals surface area contributed by atoms with Gasteiger partial charge in [-0.3, -0.25) is 5.32 Å². The van der Waals surface area contributed by atoms with E-state index in [4.69, 9.17) is 0 Å². The molecule has 2 amide bonds. The molecule has 3 N–H and O–H groups in total. The van der Waals surface area contributed by atoms with Gasteiger partial charge in [-0.25, -0.2) is 9.78 Å². The summed E-state index contributed by atoms with van der Waals surface area (Å²) in [6.45, 7) is -0.176. The maximum atomic E-state index is 12.1. The van der Waals surface area contributed by atoms with E-state index < -0.39 is 12.1 Å². The molecule has 24 heavy (non-hydrogen) atoms. The van der Waals surface area contributed by atoms with Crippen LogP contribution in [-0.2, 0) is 0 Å². The first kappa shape index (κ1) is 16.2. The van der Waals surface area contributed by atoms with Gasteiger partial charge in [0.15, 0.2) is 5.13 Å². The summed E-state index contributed by atoms with van der Waals surface area (Å²) in [4.78, 5) is 17.3. The number of aliphatic hydroxyl groups is 1. The van der Waals surface area contributed by atoms with Crippen molar-refractivity contribution in [2.75, 3.05) is 11.9 Å². The third-order valence-corrected chi connectivity index (χ3v) is 4.44. The van der Waals surface area contributed by atoms with E-state index in [0.29, 0.717) is 5.13 Å². The van der Waals surface area contributed by atoms with E-state index in [1.807, 2.05) is 60.7 Å². The standard InChI is InChI=1S/C18H17N3O2S/c22-12-15(13-7-3-1-4-8-13)20-17(23)21-18-19-11-16(24-18)14-9-5-2-6-10-14/h1-11,15,22H,12H2,(H2,19,20,21,23). The van der Waals surface area contributed by atoms with Crippen molar-refractivity contribution in [3.8, 4) is 10.4 Å². The fraction of sp³-hybridized carbons (Fsp3) is 0.111. The van der Waals surface area contributed by atoms with Gasteiger partial charge in [0.2, 0.25) is 0 Å². The maximum absolute atomic E-state index is 12.1. The summed E-state index contributed by atoms with van der Waals surface area (Å²) in [5, 5.41) is 15.5. The number of anilines is 1. The number of amides is 2. The largest absolute Gasteiger partial charge is 0.394 e. The summed E-state index contributed by atoms with van der Waals surface area (Å²) in [6, 6.07) is 18.3. The lowest BCUT2D eigenvalue weighted by Crippen LogP contribution is -2.34. The Morgan fingerprint density at radius 1 is 1.08 bits per heavy atom. The van der Waals surface area contributed by atoms with Crippen molar-refractivity contribution >= 4 is 22.5 Å². The number of hydrogen-bond acceptors (Lipinski definition) is 4. The average molecular weight is 339 g/mol. The Hall–Kier alpha value is -2.70. The van der Waals surface area contributed by atoms with Gasteiger partial charge in [0.1, 0.15) is 0 Å². The fourth-order valence-corrected chi connectivity index (χ4v) is 3.10. The number of rotatable bonds is 5. The Labute approximate surface area is 144 Å². The lowest BCUT2D eigenvalue weighted by atomic mass is 10.1. The van der Waals surface area contributed by atoms with E-state index in [2.05, 4.69) is 15.6 Å². The Bertz CT molecular complexity index is 790. The zero-order chi connectivity index (χ0) is 16.8. The fourth-order valence-electron chi connectivity index (χ4n) is 2.28. The van der Waals surface area contributed by atoms with Crippen LogP contribution in [0.2, 0.25) is 0 Å². The lowest BCUT2D eigenvalue weighted by molar-refractivity contribution is 0.225. The average Bonchev–Trinajstić information content (AvgIpc) is 3.09. The van der Waals surface area contributed by atoms with Gasteiger partial charge in [0.25, 0.3) is 0 Å². The summed E-state index contributed by atoms with van der Waals surface area (Å²) >= 11 is 1.40. The van der Waals surface area contributed by atoms with E-state index in [0.717, 1.165) is 16.0 Å². The van der Waals surface area contributed by atoms with Crippen molar-refractivity contribution in [1.29, 1.82) is 0 Å². The van der Waals surface area contributed by atoms with E-state index in [9.17, 15) is 9.90 Å². The number of nitrogens with zero attached hydrogens (tertiary/aromatic N) is 1. The van der Waals surface area contributed by atoms with Crippen LogP contribution in [0, 0.1) is 0 Å².